The number of esters is 1. The van der Waals surface area contributed by atoms with Gasteiger partial charge >= 0.3 is 5.97 Å². The molecule has 0 spiro atoms. The third-order valence-electron chi connectivity index (χ3n) is 6.27. The number of amides is 2. The van der Waals surface area contributed by atoms with Crippen LogP contribution in [0.2, 0.25) is 5.02 Å². The van der Waals surface area contributed by atoms with Gasteiger partial charge in [-0.3, -0.25) is 9.59 Å². The standard InChI is InChI=1S/C28H32ClN3O5/c1-28(2,3)37-27(36)22-10-7-13-32(22)26(35)24(23(33)14-17-8-5-4-6-9-17)31-25(34)21-16-18-15-19(29)11-12-20(18)30-21/h4-6,8-9,11-12,15-16,22-24,30,33H,7,10,13-14H2,1-3H3,(H,31,34)/t22-,23-,24+/m0/s1. The summed E-state index contributed by atoms with van der Waals surface area (Å²) in [6.45, 7) is 5.64. The third kappa shape index (κ3) is 6.50. The predicted octanol–water partition coefficient (Wildman–Crippen LogP) is 3.86. The van der Waals surface area contributed by atoms with E-state index in [2.05, 4.69) is 10.3 Å². The number of ether oxygens (including phenoxy) is 1. The number of aliphatic hydroxyl groups excluding tert-OH is 1. The second-order valence-electron chi connectivity index (χ2n) is 10.3. The van der Waals surface area contributed by atoms with Crippen LogP contribution < -0.4 is 5.32 Å². The summed E-state index contributed by atoms with van der Waals surface area (Å²) in [5, 5.41) is 15.2. The summed E-state index contributed by atoms with van der Waals surface area (Å²) in [6, 6.07) is 14.0. The zero-order chi connectivity index (χ0) is 26.7. The summed E-state index contributed by atoms with van der Waals surface area (Å²) >= 11 is 6.07. The van der Waals surface area contributed by atoms with Crippen LogP contribution in [0.1, 0.15) is 49.7 Å². The van der Waals surface area contributed by atoms with Gasteiger partial charge in [0.25, 0.3) is 5.91 Å². The maximum Gasteiger partial charge on any atom is 0.329 e. The number of H-pyrrole nitrogens is 1. The molecule has 0 aliphatic carbocycles. The van der Waals surface area contributed by atoms with E-state index < -0.39 is 41.6 Å². The number of fused-ring (bicyclic) bond motifs is 1. The van der Waals surface area contributed by atoms with Gasteiger partial charge in [-0.25, -0.2) is 4.79 Å². The quantitative estimate of drug-likeness (QED) is 0.406. The van der Waals surface area contributed by atoms with Crippen LogP contribution in [0.25, 0.3) is 10.9 Å². The highest BCUT2D eigenvalue weighted by atomic mass is 35.5. The van der Waals surface area contributed by atoms with Gasteiger partial charge in [-0.05, 0) is 63.4 Å². The fraction of sp³-hybridized carbons (Fsp3) is 0.393. The Balaban J connectivity index is 1.59. The minimum absolute atomic E-state index is 0.144. The Morgan fingerprint density at radius 3 is 2.59 bits per heavy atom. The van der Waals surface area contributed by atoms with Crippen molar-refractivity contribution in [3.63, 3.8) is 0 Å². The number of hydrogen-bond donors (Lipinski definition) is 3. The monoisotopic (exact) mass is 525 g/mol. The molecule has 196 valence electrons. The van der Waals surface area contributed by atoms with Crippen molar-refractivity contribution in [2.24, 2.45) is 0 Å². The number of aromatic nitrogens is 1. The molecule has 1 aliphatic heterocycles. The van der Waals surface area contributed by atoms with Gasteiger partial charge in [0.2, 0.25) is 5.91 Å². The van der Waals surface area contributed by atoms with E-state index in [1.807, 2.05) is 30.3 Å². The largest absolute Gasteiger partial charge is 0.458 e. The molecule has 2 amide bonds. The fourth-order valence-corrected chi connectivity index (χ4v) is 4.75. The molecule has 2 heterocycles. The van der Waals surface area contributed by atoms with E-state index in [0.717, 1.165) is 10.9 Å². The second-order valence-corrected chi connectivity index (χ2v) is 10.8. The van der Waals surface area contributed by atoms with Crippen molar-refractivity contribution in [3.8, 4) is 0 Å². The van der Waals surface area contributed by atoms with Crippen LogP contribution in [0.5, 0.6) is 0 Å². The van der Waals surface area contributed by atoms with Crippen LogP contribution in [0.4, 0.5) is 0 Å². The van der Waals surface area contributed by atoms with E-state index in [1.54, 1.807) is 45.0 Å². The SMILES string of the molecule is CC(C)(C)OC(=O)[C@@H]1CCCN1C(=O)[C@H](NC(=O)c1cc2cc(Cl)ccc2[nH]1)[C@@H](O)Cc1ccccc1. The Bertz CT molecular complexity index is 1280. The molecule has 2 aromatic carbocycles. The summed E-state index contributed by atoms with van der Waals surface area (Å²) in [5.41, 5.74) is 1.05. The Hall–Kier alpha value is -3.36. The highest BCUT2D eigenvalue weighted by Crippen LogP contribution is 2.24. The zero-order valence-corrected chi connectivity index (χ0v) is 21.9. The molecule has 3 atom stereocenters. The lowest BCUT2D eigenvalue weighted by molar-refractivity contribution is -0.164. The van der Waals surface area contributed by atoms with Crippen LogP contribution >= 0.6 is 11.6 Å². The van der Waals surface area contributed by atoms with Crippen LogP contribution in [0.15, 0.2) is 54.6 Å². The summed E-state index contributed by atoms with van der Waals surface area (Å²) in [7, 11) is 0. The van der Waals surface area contributed by atoms with E-state index in [1.165, 1.54) is 4.90 Å². The van der Waals surface area contributed by atoms with E-state index >= 15 is 0 Å². The maximum absolute atomic E-state index is 13.8. The van der Waals surface area contributed by atoms with E-state index in [4.69, 9.17) is 16.3 Å². The van der Waals surface area contributed by atoms with Crippen molar-refractivity contribution in [1.82, 2.24) is 15.2 Å². The minimum Gasteiger partial charge on any atom is -0.458 e. The number of benzene rings is 2. The first-order valence-electron chi connectivity index (χ1n) is 12.4. The minimum atomic E-state index is -1.27. The number of nitrogens with zero attached hydrogens (tertiary/aromatic N) is 1. The van der Waals surface area contributed by atoms with E-state index in [9.17, 15) is 19.5 Å². The summed E-state index contributed by atoms with van der Waals surface area (Å²) in [4.78, 5) is 44.3. The molecule has 8 nitrogen and oxygen atoms in total. The van der Waals surface area contributed by atoms with Gasteiger partial charge in [-0.15, -0.1) is 0 Å². The van der Waals surface area contributed by atoms with Crippen molar-refractivity contribution in [1.29, 1.82) is 0 Å². The third-order valence-corrected chi connectivity index (χ3v) is 6.50. The highest BCUT2D eigenvalue weighted by Gasteiger charge is 2.42. The molecule has 3 N–H and O–H groups in total. The van der Waals surface area contributed by atoms with E-state index in [0.29, 0.717) is 29.9 Å². The van der Waals surface area contributed by atoms with Crippen molar-refractivity contribution in [2.45, 2.75) is 63.8 Å². The molecule has 37 heavy (non-hydrogen) atoms. The Morgan fingerprint density at radius 1 is 1.16 bits per heavy atom. The topological polar surface area (TPSA) is 112 Å². The highest BCUT2D eigenvalue weighted by molar-refractivity contribution is 6.31. The lowest BCUT2D eigenvalue weighted by Crippen LogP contribution is -2.57. The molecule has 0 saturated carbocycles. The molecule has 1 aliphatic rings. The first-order valence-corrected chi connectivity index (χ1v) is 12.7. The first kappa shape index (κ1) is 26.7. The molecule has 9 heteroatoms. The number of aliphatic hydroxyl groups is 1. The van der Waals surface area contributed by atoms with Crippen molar-refractivity contribution < 1.29 is 24.2 Å². The van der Waals surface area contributed by atoms with Gasteiger partial charge in [0, 0.05) is 28.9 Å². The maximum atomic E-state index is 13.8. The van der Waals surface area contributed by atoms with Crippen LogP contribution in [0, 0.1) is 0 Å². The lowest BCUT2D eigenvalue weighted by atomic mass is 10.00. The van der Waals surface area contributed by atoms with Crippen LogP contribution in [-0.2, 0) is 20.7 Å². The Kier molecular flexibility index (Phi) is 7.90. The van der Waals surface area contributed by atoms with Crippen molar-refractivity contribution in [2.75, 3.05) is 6.54 Å². The summed E-state index contributed by atoms with van der Waals surface area (Å²) in [6.07, 6.45) is -0.00471. The van der Waals surface area contributed by atoms with Gasteiger partial charge in [0.05, 0.1) is 6.10 Å². The number of carbonyl (C=O) groups is 3. The van der Waals surface area contributed by atoms with Gasteiger partial charge in [-0.2, -0.15) is 0 Å². The van der Waals surface area contributed by atoms with Gasteiger partial charge in [-0.1, -0.05) is 41.9 Å². The molecular formula is C28H32ClN3O5. The average molecular weight is 526 g/mol. The number of rotatable bonds is 7. The molecule has 0 radical (unpaired) electrons. The fourth-order valence-electron chi connectivity index (χ4n) is 4.56. The molecule has 0 bridgehead atoms. The molecule has 1 saturated heterocycles. The number of nitrogens with one attached hydrogen (secondary N) is 2. The molecule has 0 unspecified atom stereocenters. The predicted molar refractivity (Wildman–Crippen MR) is 141 cm³/mol. The molecule has 4 rings (SSSR count). The first-order chi connectivity index (χ1) is 17.5. The van der Waals surface area contributed by atoms with Gasteiger partial charge < -0.3 is 25.0 Å². The zero-order valence-electron chi connectivity index (χ0n) is 21.2. The number of halogens is 1. The number of aromatic amines is 1. The molecule has 1 fully saturated rings. The van der Waals surface area contributed by atoms with Crippen LogP contribution in [0.3, 0.4) is 0 Å². The van der Waals surface area contributed by atoms with E-state index in [-0.39, 0.29) is 12.1 Å². The normalized spacial score (nSPS) is 17.4. The number of likely N-dealkylation sites (tertiary alicyclic amines) is 1. The molecular weight excluding hydrogens is 494 g/mol. The summed E-state index contributed by atoms with van der Waals surface area (Å²) < 4.78 is 5.53. The number of hydrogen-bond acceptors (Lipinski definition) is 5. The lowest BCUT2D eigenvalue weighted by Gasteiger charge is -2.32. The average Bonchev–Trinajstić information content (AvgIpc) is 3.48. The van der Waals surface area contributed by atoms with Gasteiger partial charge in [0.1, 0.15) is 23.4 Å². The second kappa shape index (κ2) is 10.9. The Morgan fingerprint density at radius 2 is 1.89 bits per heavy atom. The van der Waals surface area contributed by atoms with Gasteiger partial charge in [0.15, 0.2) is 0 Å². The Labute approximate surface area is 220 Å². The number of carbonyl (C=O) groups excluding carboxylic acids is 3. The smallest absolute Gasteiger partial charge is 0.329 e. The van der Waals surface area contributed by atoms with Crippen molar-refractivity contribution in [3.05, 3.63) is 70.9 Å². The van der Waals surface area contributed by atoms with Crippen LogP contribution in [-0.4, -0.2) is 63.1 Å². The molecule has 3 aromatic rings. The molecule has 1 aromatic heterocycles. The van der Waals surface area contributed by atoms with Crippen molar-refractivity contribution >= 4 is 40.3 Å². The summed E-state index contributed by atoms with van der Waals surface area (Å²) in [5.74, 6) is -1.57.